The van der Waals surface area contributed by atoms with Crippen LogP contribution >= 0.6 is 31.9 Å². The number of benzene rings is 1. The first kappa shape index (κ1) is 14.4. The Kier molecular flexibility index (Phi) is 4.22. The molecule has 1 heterocycles. The minimum atomic E-state index is -3.84. The first-order valence-electron chi connectivity index (χ1n) is 4.97. The largest absolute Gasteiger partial charge is 0.278 e. The second-order valence-electron chi connectivity index (χ2n) is 3.57. The summed E-state index contributed by atoms with van der Waals surface area (Å²) >= 11 is 6.15. The molecule has 0 radical (unpaired) electrons. The minimum absolute atomic E-state index is 0.159. The molecule has 19 heavy (non-hydrogen) atoms. The molecule has 0 amide bonds. The van der Waals surface area contributed by atoms with Crippen molar-refractivity contribution >= 4 is 47.6 Å². The van der Waals surface area contributed by atoms with Gasteiger partial charge in [0.1, 0.15) is 5.82 Å². The second kappa shape index (κ2) is 5.56. The predicted molar refractivity (Wildman–Crippen MR) is 76.8 cm³/mol. The van der Waals surface area contributed by atoms with E-state index in [4.69, 9.17) is 0 Å². The normalized spacial score (nSPS) is 11.3. The molecule has 2 aromatic rings. The van der Waals surface area contributed by atoms with Crippen LogP contribution in [-0.2, 0) is 10.0 Å². The molecule has 0 aliphatic heterocycles. The molecule has 0 fully saturated rings. The molecular weight excluding hydrogens is 403 g/mol. The van der Waals surface area contributed by atoms with Crippen LogP contribution in [-0.4, -0.2) is 13.4 Å². The van der Waals surface area contributed by atoms with E-state index in [2.05, 4.69) is 41.6 Å². The Balaban J connectivity index is 2.35. The Bertz CT molecular complexity index is 722. The van der Waals surface area contributed by atoms with Crippen LogP contribution in [0.2, 0.25) is 0 Å². The van der Waals surface area contributed by atoms with E-state index >= 15 is 0 Å². The van der Waals surface area contributed by atoms with Gasteiger partial charge in [-0.15, -0.1) is 0 Å². The van der Waals surface area contributed by atoms with Crippen LogP contribution in [0.15, 0.2) is 50.5 Å². The molecule has 8 heteroatoms. The van der Waals surface area contributed by atoms with Gasteiger partial charge in [-0.25, -0.2) is 12.8 Å². The van der Waals surface area contributed by atoms with E-state index < -0.39 is 15.8 Å². The Morgan fingerprint density at radius 2 is 1.89 bits per heavy atom. The monoisotopic (exact) mass is 408 g/mol. The zero-order valence-corrected chi connectivity index (χ0v) is 13.3. The number of rotatable bonds is 3. The van der Waals surface area contributed by atoms with Crippen LogP contribution in [0, 0.1) is 5.82 Å². The van der Waals surface area contributed by atoms with Gasteiger partial charge in [0, 0.05) is 10.7 Å². The predicted octanol–water partition coefficient (Wildman–Crippen LogP) is 3.55. The molecule has 0 bridgehead atoms. The molecule has 0 aliphatic rings. The lowest BCUT2D eigenvalue weighted by atomic mass is 10.3. The van der Waals surface area contributed by atoms with E-state index in [1.807, 2.05) is 0 Å². The van der Waals surface area contributed by atoms with Gasteiger partial charge in [-0.1, -0.05) is 0 Å². The summed E-state index contributed by atoms with van der Waals surface area (Å²) in [6.07, 6.45) is 2.88. The Morgan fingerprint density at radius 1 is 1.16 bits per heavy atom. The maximum absolute atomic E-state index is 13.4. The summed E-state index contributed by atoms with van der Waals surface area (Å²) < 4.78 is 40.6. The van der Waals surface area contributed by atoms with E-state index in [-0.39, 0.29) is 15.1 Å². The summed E-state index contributed by atoms with van der Waals surface area (Å²) in [7, 11) is -3.84. The van der Waals surface area contributed by atoms with Crippen LogP contribution in [0.3, 0.4) is 0 Å². The number of sulfonamides is 1. The molecule has 2 rings (SSSR count). The average molecular weight is 410 g/mol. The standard InChI is InChI=1S/C11H7Br2FN2O2S/c12-7-3-8(6-15-5-7)16-19(17,18)9-1-2-10(13)11(14)4-9/h1-6,16H. The van der Waals surface area contributed by atoms with Gasteiger partial charge in [-0.3, -0.25) is 9.71 Å². The van der Waals surface area contributed by atoms with Crippen molar-refractivity contribution in [1.29, 1.82) is 0 Å². The summed E-state index contributed by atoms with van der Waals surface area (Å²) in [5.74, 6) is -0.643. The Labute approximate surface area is 126 Å². The van der Waals surface area contributed by atoms with Crippen molar-refractivity contribution in [3.05, 3.63) is 51.4 Å². The highest BCUT2D eigenvalue weighted by atomic mass is 79.9. The van der Waals surface area contributed by atoms with Gasteiger partial charge in [0.05, 0.1) is 21.3 Å². The molecule has 0 unspecified atom stereocenters. The molecule has 0 aliphatic carbocycles. The second-order valence-corrected chi connectivity index (χ2v) is 7.03. The highest BCUT2D eigenvalue weighted by Gasteiger charge is 2.16. The van der Waals surface area contributed by atoms with Crippen molar-refractivity contribution in [2.75, 3.05) is 4.72 Å². The summed E-state index contributed by atoms with van der Waals surface area (Å²) in [6, 6.07) is 5.14. The molecule has 0 atom stereocenters. The lowest BCUT2D eigenvalue weighted by molar-refractivity contribution is 0.593. The quantitative estimate of drug-likeness (QED) is 0.843. The van der Waals surface area contributed by atoms with Crippen LogP contribution < -0.4 is 4.72 Å². The van der Waals surface area contributed by atoms with E-state index in [0.29, 0.717) is 4.47 Å². The van der Waals surface area contributed by atoms with Crippen molar-refractivity contribution in [2.45, 2.75) is 4.90 Å². The molecule has 0 saturated heterocycles. The van der Waals surface area contributed by atoms with E-state index in [1.54, 1.807) is 6.07 Å². The number of nitrogens with zero attached hydrogens (tertiary/aromatic N) is 1. The van der Waals surface area contributed by atoms with Gasteiger partial charge < -0.3 is 0 Å². The van der Waals surface area contributed by atoms with Crippen LogP contribution in [0.1, 0.15) is 0 Å². The molecule has 1 N–H and O–H groups in total. The third-order valence-electron chi connectivity index (χ3n) is 2.16. The SMILES string of the molecule is O=S(=O)(Nc1cncc(Br)c1)c1ccc(Br)c(F)c1. The summed E-state index contributed by atoms with van der Waals surface area (Å²) in [5.41, 5.74) is 0.290. The maximum atomic E-state index is 13.4. The van der Waals surface area contributed by atoms with Crippen LogP contribution in [0.5, 0.6) is 0 Å². The van der Waals surface area contributed by atoms with Crippen molar-refractivity contribution in [3.8, 4) is 0 Å². The lowest BCUT2D eigenvalue weighted by Crippen LogP contribution is -2.13. The van der Waals surface area contributed by atoms with Gasteiger partial charge in [0.2, 0.25) is 0 Å². The highest BCUT2D eigenvalue weighted by Crippen LogP contribution is 2.22. The molecule has 0 spiro atoms. The van der Waals surface area contributed by atoms with Crippen LogP contribution in [0.25, 0.3) is 0 Å². The van der Waals surface area contributed by atoms with Gasteiger partial charge >= 0.3 is 0 Å². The van der Waals surface area contributed by atoms with Crippen LogP contribution in [0.4, 0.5) is 10.1 Å². The lowest BCUT2D eigenvalue weighted by Gasteiger charge is -2.08. The molecule has 100 valence electrons. The maximum Gasteiger partial charge on any atom is 0.262 e. The zero-order chi connectivity index (χ0) is 14.0. The van der Waals surface area contributed by atoms with E-state index in [0.717, 1.165) is 6.07 Å². The first-order chi connectivity index (χ1) is 8.88. The van der Waals surface area contributed by atoms with E-state index in [1.165, 1.54) is 24.5 Å². The molecule has 1 aromatic carbocycles. The van der Waals surface area contributed by atoms with E-state index in [9.17, 15) is 12.8 Å². The first-order valence-corrected chi connectivity index (χ1v) is 8.04. The van der Waals surface area contributed by atoms with Crippen molar-refractivity contribution in [1.82, 2.24) is 4.98 Å². The number of anilines is 1. The van der Waals surface area contributed by atoms with Crippen molar-refractivity contribution in [3.63, 3.8) is 0 Å². The van der Waals surface area contributed by atoms with Gasteiger partial charge in [0.25, 0.3) is 10.0 Å². The summed E-state index contributed by atoms with van der Waals surface area (Å²) in [4.78, 5) is 3.68. The minimum Gasteiger partial charge on any atom is -0.278 e. The Hall–Kier alpha value is -0.990. The number of halogens is 3. The number of pyridine rings is 1. The third-order valence-corrected chi connectivity index (χ3v) is 4.61. The van der Waals surface area contributed by atoms with Gasteiger partial charge in [-0.05, 0) is 56.1 Å². The molecule has 0 saturated carbocycles. The fraction of sp³-hybridized carbons (Fsp3) is 0. The number of aromatic nitrogens is 1. The third kappa shape index (κ3) is 3.52. The summed E-state index contributed by atoms with van der Waals surface area (Å²) in [6.45, 7) is 0. The zero-order valence-electron chi connectivity index (χ0n) is 9.27. The van der Waals surface area contributed by atoms with Gasteiger partial charge in [0.15, 0.2) is 0 Å². The highest BCUT2D eigenvalue weighted by molar-refractivity contribution is 9.10. The fourth-order valence-electron chi connectivity index (χ4n) is 1.33. The van der Waals surface area contributed by atoms with Crippen molar-refractivity contribution < 1.29 is 12.8 Å². The average Bonchev–Trinajstić information content (AvgIpc) is 2.32. The summed E-state index contributed by atoms with van der Waals surface area (Å²) in [5, 5.41) is 0. The smallest absolute Gasteiger partial charge is 0.262 e. The molecule has 4 nitrogen and oxygen atoms in total. The number of hydrogen-bond donors (Lipinski definition) is 1. The fourth-order valence-corrected chi connectivity index (χ4v) is 2.98. The Morgan fingerprint density at radius 3 is 2.53 bits per heavy atom. The topological polar surface area (TPSA) is 59.1 Å². The number of nitrogens with one attached hydrogen (secondary N) is 1. The van der Waals surface area contributed by atoms with Gasteiger partial charge in [-0.2, -0.15) is 0 Å². The van der Waals surface area contributed by atoms with Crippen molar-refractivity contribution in [2.24, 2.45) is 0 Å². The number of hydrogen-bond acceptors (Lipinski definition) is 3. The molecular formula is C11H7Br2FN2O2S. The molecule has 1 aromatic heterocycles.